The molecule has 2 aromatic carbocycles. The van der Waals surface area contributed by atoms with Crippen LogP contribution in [-0.4, -0.2) is 12.1 Å². The molecule has 0 saturated carbocycles. The van der Waals surface area contributed by atoms with Crippen LogP contribution in [0.2, 0.25) is 0 Å². The van der Waals surface area contributed by atoms with Crippen molar-refractivity contribution in [3.63, 3.8) is 0 Å². The van der Waals surface area contributed by atoms with E-state index in [9.17, 15) is 4.79 Å². The van der Waals surface area contributed by atoms with Crippen molar-refractivity contribution in [2.45, 2.75) is 90.4 Å². The lowest BCUT2D eigenvalue weighted by Gasteiger charge is -2.18. The third kappa shape index (κ3) is 11.2. The third-order valence-corrected chi connectivity index (χ3v) is 5.35. The van der Waals surface area contributed by atoms with E-state index in [0.717, 1.165) is 24.0 Å². The van der Waals surface area contributed by atoms with E-state index in [1.807, 2.05) is 48.5 Å². The van der Waals surface area contributed by atoms with Crippen LogP contribution in [0.15, 0.2) is 60.7 Å². The van der Waals surface area contributed by atoms with Crippen LogP contribution in [0.25, 0.3) is 0 Å². The summed E-state index contributed by atoms with van der Waals surface area (Å²) in [5.74, 6) is -0.184. The zero-order valence-corrected chi connectivity index (χ0v) is 18.6. The molecule has 0 fully saturated rings. The highest BCUT2D eigenvalue weighted by Gasteiger charge is 2.16. The van der Waals surface area contributed by atoms with Gasteiger partial charge in [-0.05, 0) is 17.5 Å². The minimum Gasteiger partial charge on any atom is -0.461 e. The molecule has 0 radical (unpaired) electrons. The van der Waals surface area contributed by atoms with Gasteiger partial charge in [-0.2, -0.15) is 0 Å². The summed E-state index contributed by atoms with van der Waals surface area (Å²) in [6.07, 6.45) is 11.4. The van der Waals surface area contributed by atoms with Crippen LogP contribution in [0.5, 0.6) is 0 Å². The molecule has 2 aromatic rings. The number of ether oxygens (including phenoxy) is 2. The normalized spacial score (nSPS) is 11.9. The quantitative estimate of drug-likeness (QED) is 0.216. The Bertz CT molecular complexity index is 669. The molecule has 0 heterocycles. The second-order valence-corrected chi connectivity index (χ2v) is 8.03. The molecule has 164 valence electrons. The highest BCUT2D eigenvalue weighted by Crippen LogP contribution is 2.16. The number of rotatable bonds is 16. The Hall–Kier alpha value is -2.13. The first-order valence-electron chi connectivity index (χ1n) is 11.6. The Morgan fingerprint density at radius 1 is 0.733 bits per heavy atom. The molecule has 3 nitrogen and oxygen atoms in total. The van der Waals surface area contributed by atoms with E-state index in [4.69, 9.17) is 9.47 Å². The topological polar surface area (TPSA) is 35.5 Å². The predicted octanol–water partition coefficient (Wildman–Crippen LogP) is 7.24. The fourth-order valence-corrected chi connectivity index (χ4v) is 3.52. The number of esters is 1. The molecule has 0 spiro atoms. The fourth-order valence-electron chi connectivity index (χ4n) is 3.52. The van der Waals surface area contributed by atoms with Gasteiger partial charge in [0.2, 0.25) is 0 Å². The van der Waals surface area contributed by atoms with Gasteiger partial charge in [0.15, 0.2) is 0 Å². The van der Waals surface area contributed by atoms with Crippen molar-refractivity contribution in [3.05, 3.63) is 71.8 Å². The van der Waals surface area contributed by atoms with Crippen molar-refractivity contribution in [2.24, 2.45) is 0 Å². The largest absolute Gasteiger partial charge is 0.461 e. The molecule has 1 atom stereocenters. The van der Waals surface area contributed by atoms with Crippen molar-refractivity contribution in [3.8, 4) is 0 Å². The number of hydrogen-bond acceptors (Lipinski definition) is 3. The van der Waals surface area contributed by atoms with Crippen LogP contribution < -0.4 is 0 Å². The summed E-state index contributed by atoms with van der Waals surface area (Å²) < 4.78 is 11.6. The van der Waals surface area contributed by atoms with Gasteiger partial charge in [0.1, 0.15) is 6.61 Å². The standard InChI is InChI=1S/C27H38O3/c1-2-3-4-5-6-7-8-15-20-26(29-22-24-16-11-9-12-17-24)21-27(28)30-23-25-18-13-10-14-19-25/h9-14,16-19,26H,2-8,15,20-23H2,1H3/t26-/m0/s1. The van der Waals surface area contributed by atoms with Crippen LogP contribution >= 0.6 is 0 Å². The maximum Gasteiger partial charge on any atom is 0.308 e. The van der Waals surface area contributed by atoms with E-state index in [2.05, 4.69) is 19.1 Å². The molecule has 0 unspecified atom stereocenters. The van der Waals surface area contributed by atoms with Gasteiger partial charge >= 0.3 is 5.97 Å². The molecular weight excluding hydrogens is 372 g/mol. The molecule has 2 rings (SSSR count). The molecule has 3 heteroatoms. The van der Waals surface area contributed by atoms with E-state index >= 15 is 0 Å². The number of unbranched alkanes of at least 4 members (excludes halogenated alkanes) is 7. The SMILES string of the molecule is CCCCCCCCCC[C@@H](CC(=O)OCc1ccccc1)OCc1ccccc1. The lowest BCUT2D eigenvalue weighted by atomic mass is 10.0. The van der Waals surface area contributed by atoms with Gasteiger partial charge in [0.25, 0.3) is 0 Å². The highest BCUT2D eigenvalue weighted by atomic mass is 16.5. The maximum atomic E-state index is 12.4. The molecule has 0 aromatic heterocycles. The number of benzene rings is 2. The summed E-state index contributed by atoms with van der Waals surface area (Å²) in [7, 11) is 0. The van der Waals surface area contributed by atoms with Crippen molar-refractivity contribution in [1.29, 1.82) is 0 Å². The summed E-state index contributed by atoms with van der Waals surface area (Å²) in [5.41, 5.74) is 2.15. The molecule has 0 saturated heterocycles. The molecule has 0 aliphatic carbocycles. The van der Waals surface area contributed by atoms with E-state index in [1.54, 1.807) is 0 Å². The lowest BCUT2D eigenvalue weighted by molar-refractivity contribution is -0.148. The Labute approximate surface area is 182 Å². The molecule has 0 bridgehead atoms. The van der Waals surface area contributed by atoms with Gasteiger partial charge in [0.05, 0.1) is 19.1 Å². The van der Waals surface area contributed by atoms with Gasteiger partial charge in [-0.25, -0.2) is 0 Å². The van der Waals surface area contributed by atoms with E-state index in [0.29, 0.717) is 19.6 Å². The first-order valence-corrected chi connectivity index (χ1v) is 11.6. The molecule has 0 amide bonds. The van der Waals surface area contributed by atoms with Crippen LogP contribution in [0.4, 0.5) is 0 Å². The predicted molar refractivity (Wildman–Crippen MR) is 123 cm³/mol. The second kappa shape index (κ2) is 15.7. The average Bonchev–Trinajstić information content (AvgIpc) is 2.79. The van der Waals surface area contributed by atoms with E-state index in [1.165, 1.54) is 44.9 Å². The highest BCUT2D eigenvalue weighted by molar-refractivity contribution is 5.70. The van der Waals surface area contributed by atoms with Crippen molar-refractivity contribution >= 4 is 5.97 Å². The van der Waals surface area contributed by atoms with E-state index in [-0.39, 0.29) is 12.1 Å². The van der Waals surface area contributed by atoms with Crippen LogP contribution in [0.3, 0.4) is 0 Å². The summed E-state index contributed by atoms with van der Waals surface area (Å²) in [6, 6.07) is 20.0. The summed E-state index contributed by atoms with van der Waals surface area (Å²) in [6.45, 7) is 3.11. The number of carbonyl (C=O) groups is 1. The van der Waals surface area contributed by atoms with Crippen LogP contribution in [-0.2, 0) is 27.5 Å². The molecule has 0 aliphatic rings. The summed E-state index contributed by atoms with van der Waals surface area (Å²) >= 11 is 0. The van der Waals surface area contributed by atoms with Gasteiger partial charge in [-0.15, -0.1) is 0 Å². The summed E-state index contributed by atoms with van der Waals surface area (Å²) in [4.78, 5) is 12.4. The van der Waals surface area contributed by atoms with Crippen molar-refractivity contribution < 1.29 is 14.3 Å². The molecule has 30 heavy (non-hydrogen) atoms. The Morgan fingerprint density at radius 3 is 1.87 bits per heavy atom. The number of carbonyl (C=O) groups excluding carboxylic acids is 1. The monoisotopic (exact) mass is 410 g/mol. The van der Waals surface area contributed by atoms with Crippen LogP contribution in [0.1, 0.15) is 82.3 Å². The molecular formula is C27H38O3. The first kappa shape index (κ1) is 24.1. The molecule has 0 N–H and O–H groups in total. The van der Waals surface area contributed by atoms with Gasteiger partial charge in [-0.3, -0.25) is 4.79 Å². The maximum absolute atomic E-state index is 12.4. The zero-order chi connectivity index (χ0) is 21.3. The lowest BCUT2D eigenvalue weighted by Crippen LogP contribution is -2.19. The Morgan fingerprint density at radius 2 is 1.27 bits per heavy atom. The minimum atomic E-state index is -0.184. The number of hydrogen-bond donors (Lipinski definition) is 0. The Kier molecular flexibility index (Phi) is 12.6. The molecule has 0 aliphatic heterocycles. The smallest absolute Gasteiger partial charge is 0.308 e. The van der Waals surface area contributed by atoms with E-state index < -0.39 is 0 Å². The van der Waals surface area contributed by atoms with Gasteiger partial charge in [-0.1, -0.05) is 119 Å². The zero-order valence-electron chi connectivity index (χ0n) is 18.6. The fraction of sp³-hybridized carbons (Fsp3) is 0.519. The third-order valence-electron chi connectivity index (χ3n) is 5.35. The second-order valence-electron chi connectivity index (χ2n) is 8.03. The first-order chi connectivity index (χ1) is 14.8. The van der Waals surface area contributed by atoms with Crippen molar-refractivity contribution in [2.75, 3.05) is 0 Å². The van der Waals surface area contributed by atoms with Gasteiger partial charge in [0, 0.05) is 0 Å². The van der Waals surface area contributed by atoms with Crippen molar-refractivity contribution in [1.82, 2.24) is 0 Å². The minimum absolute atomic E-state index is 0.0893. The Balaban J connectivity index is 1.72. The average molecular weight is 411 g/mol. The van der Waals surface area contributed by atoms with Gasteiger partial charge < -0.3 is 9.47 Å². The summed E-state index contributed by atoms with van der Waals surface area (Å²) in [5, 5.41) is 0. The van der Waals surface area contributed by atoms with Crippen LogP contribution in [0, 0.1) is 0 Å².